The number of piperazine rings is 1. The maximum absolute atomic E-state index is 12.3. The summed E-state index contributed by atoms with van der Waals surface area (Å²) in [7, 11) is 0. The molecule has 2 rings (SSSR count). The van der Waals surface area contributed by atoms with Crippen LogP contribution in [0, 0.1) is 5.92 Å². The van der Waals surface area contributed by atoms with Gasteiger partial charge < -0.3 is 10.2 Å². The molecule has 0 radical (unpaired) electrons. The summed E-state index contributed by atoms with van der Waals surface area (Å²) >= 11 is 0. The first-order chi connectivity index (χ1) is 9.56. The highest BCUT2D eigenvalue weighted by atomic mass is 16.2. The molecule has 2 amide bonds. The van der Waals surface area contributed by atoms with Crippen LogP contribution in [0.2, 0.25) is 0 Å². The van der Waals surface area contributed by atoms with Crippen LogP contribution in [0.4, 0.5) is 0 Å². The van der Waals surface area contributed by atoms with Gasteiger partial charge in [0.25, 0.3) is 0 Å². The highest BCUT2D eigenvalue weighted by molar-refractivity contribution is 5.94. The fourth-order valence-electron chi connectivity index (χ4n) is 2.41. The van der Waals surface area contributed by atoms with E-state index in [-0.39, 0.29) is 24.4 Å². The molecule has 1 aliphatic heterocycles. The highest BCUT2D eigenvalue weighted by Crippen LogP contribution is 2.12. The Balaban J connectivity index is 1.96. The predicted molar refractivity (Wildman–Crippen MR) is 75.9 cm³/mol. The smallest absolute Gasteiger partial charge is 0.245 e. The first kappa shape index (κ1) is 14.5. The topological polar surface area (TPSA) is 62.3 Å². The molecule has 1 aromatic heterocycles. The number of aromatic nitrogens is 1. The third-order valence-corrected chi connectivity index (χ3v) is 3.41. The van der Waals surface area contributed by atoms with E-state index >= 15 is 0 Å². The minimum atomic E-state index is -0.367. The molecule has 1 saturated heterocycles. The average Bonchev–Trinajstić information content (AvgIpc) is 2.41. The number of nitrogens with zero attached hydrogens (tertiary/aromatic N) is 2. The van der Waals surface area contributed by atoms with Crippen molar-refractivity contribution in [2.45, 2.75) is 32.7 Å². The molecule has 1 fully saturated rings. The first-order valence-electron chi connectivity index (χ1n) is 7.03. The molecule has 0 aliphatic carbocycles. The molecular formula is C15H21N3O2. The van der Waals surface area contributed by atoms with Gasteiger partial charge in [-0.15, -0.1) is 0 Å². The van der Waals surface area contributed by atoms with Gasteiger partial charge in [0.1, 0.15) is 6.04 Å². The van der Waals surface area contributed by atoms with Crippen molar-refractivity contribution in [2.24, 2.45) is 5.92 Å². The number of amides is 2. The van der Waals surface area contributed by atoms with Crippen LogP contribution in [0.5, 0.6) is 0 Å². The molecule has 0 aromatic carbocycles. The van der Waals surface area contributed by atoms with Crippen LogP contribution in [-0.4, -0.2) is 40.8 Å². The third kappa shape index (κ3) is 3.79. The Labute approximate surface area is 119 Å². The Bertz CT molecular complexity index is 473. The molecule has 108 valence electrons. The fourth-order valence-corrected chi connectivity index (χ4v) is 2.41. The highest BCUT2D eigenvalue weighted by Gasteiger charge is 2.32. The zero-order valence-electron chi connectivity index (χ0n) is 12.0. The Morgan fingerprint density at radius 1 is 1.35 bits per heavy atom. The van der Waals surface area contributed by atoms with Gasteiger partial charge in [0.15, 0.2) is 0 Å². The molecule has 0 saturated carbocycles. The van der Waals surface area contributed by atoms with Crippen LogP contribution >= 0.6 is 0 Å². The lowest BCUT2D eigenvalue weighted by Gasteiger charge is -2.33. The quantitative estimate of drug-likeness (QED) is 0.872. The molecule has 1 aliphatic rings. The van der Waals surface area contributed by atoms with Gasteiger partial charge in [-0.05, 0) is 36.5 Å². The average molecular weight is 275 g/mol. The molecule has 0 spiro atoms. The number of carbonyl (C=O) groups is 2. The predicted octanol–water partition coefficient (Wildman–Crippen LogP) is 0.997. The first-order valence-corrected chi connectivity index (χ1v) is 7.03. The summed E-state index contributed by atoms with van der Waals surface area (Å²) in [5.74, 6) is 0.349. The minimum Gasteiger partial charge on any atom is -0.343 e. The lowest BCUT2D eigenvalue weighted by atomic mass is 10.0. The van der Waals surface area contributed by atoms with Gasteiger partial charge in [0, 0.05) is 18.9 Å². The minimum absolute atomic E-state index is 0.0346. The normalized spacial score (nSPS) is 19.4. The van der Waals surface area contributed by atoms with E-state index in [2.05, 4.69) is 24.1 Å². The van der Waals surface area contributed by atoms with Crippen LogP contribution < -0.4 is 5.32 Å². The molecule has 5 heteroatoms. The summed E-state index contributed by atoms with van der Waals surface area (Å²) in [6.07, 6.45) is 4.91. The van der Waals surface area contributed by atoms with Gasteiger partial charge in [-0.3, -0.25) is 14.6 Å². The summed E-state index contributed by atoms with van der Waals surface area (Å²) < 4.78 is 0. The fraction of sp³-hybridized carbons (Fsp3) is 0.533. The standard InChI is InChI=1S/C15H21N3O2/c1-11(2)9-13-15(20)18(10-14(19)17-13)8-5-12-3-6-16-7-4-12/h3-4,6-7,11,13H,5,8-10H2,1-2H3,(H,17,19). The van der Waals surface area contributed by atoms with Gasteiger partial charge in [0.2, 0.25) is 11.8 Å². The van der Waals surface area contributed by atoms with Crippen LogP contribution in [0.3, 0.4) is 0 Å². The Hall–Kier alpha value is -1.91. The van der Waals surface area contributed by atoms with Crippen LogP contribution in [0.25, 0.3) is 0 Å². The van der Waals surface area contributed by atoms with E-state index in [1.54, 1.807) is 17.3 Å². The van der Waals surface area contributed by atoms with Gasteiger partial charge in [-0.25, -0.2) is 0 Å². The van der Waals surface area contributed by atoms with Crippen molar-refractivity contribution in [3.05, 3.63) is 30.1 Å². The van der Waals surface area contributed by atoms with Crippen LogP contribution in [-0.2, 0) is 16.0 Å². The zero-order chi connectivity index (χ0) is 14.5. The second kappa shape index (κ2) is 6.50. The second-order valence-electron chi connectivity index (χ2n) is 5.61. The van der Waals surface area contributed by atoms with E-state index in [0.29, 0.717) is 18.9 Å². The zero-order valence-corrected chi connectivity index (χ0v) is 12.0. The summed E-state index contributed by atoms with van der Waals surface area (Å²) in [4.78, 5) is 29.7. The van der Waals surface area contributed by atoms with E-state index in [9.17, 15) is 9.59 Å². The molecule has 5 nitrogen and oxygen atoms in total. The van der Waals surface area contributed by atoms with Crippen molar-refractivity contribution in [2.75, 3.05) is 13.1 Å². The molecule has 20 heavy (non-hydrogen) atoms. The second-order valence-corrected chi connectivity index (χ2v) is 5.61. The summed E-state index contributed by atoms with van der Waals surface area (Å²) in [5, 5.41) is 2.79. The Kier molecular flexibility index (Phi) is 4.71. The monoisotopic (exact) mass is 275 g/mol. The third-order valence-electron chi connectivity index (χ3n) is 3.41. The van der Waals surface area contributed by atoms with Crippen LogP contribution in [0.15, 0.2) is 24.5 Å². The van der Waals surface area contributed by atoms with E-state index < -0.39 is 0 Å². The molecule has 1 aromatic rings. The van der Waals surface area contributed by atoms with Crippen molar-refractivity contribution >= 4 is 11.8 Å². The largest absolute Gasteiger partial charge is 0.343 e. The van der Waals surface area contributed by atoms with Crippen molar-refractivity contribution in [1.82, 2.24) is 15.2 Å². The SMILES string of the molecule is CC(C)CC1NC(=O)CN(CCc2ccncc2)C1=O. The van der Waals surface area contributed by atoms with Gasteiger partial charge in [0.05, 0.1) is 6.54 Å². The molecule has 1 atom stereocenters. The number of nitrogens with one attached hydrogen (secondary N) is 1. The lowest BCUT2D eigenvalue weighted by molar-refractivity contribution is -0.144. The molecule has 1 unspecified atom stereocenters. The van der Waals surface area contributed by atoms with Crippen molar-refractivity contribution in [3.63, 3.8) is 0 Å². The molecule has 1 N–H and O–H groups in total. The lowest BCUT2D eigenvalue weighted by Crippen LogP contribution is -2.58. The van der Waals surface area contributed by atoms with Gasteiger partial charge in [-0.2, -0.15) is 0 Å². The Morgan fingerprint density at radius 3 is 2.70 bits per heavy atom. The van der Waals surface area contributed by atoms with E-state index in [1.165, 1.54) is 0 Å². The van der Waals surface area contributed by atoms with Crippen molar-refractivity contribution in [3.8, 4) is 0 Å². The summed E-state index contributed by atoms with van der Waals surface area (Å²) in [6.45, 7) is 4.84. The molecule has 2 heterocycles. The number of hydrogen-bond donors (Lipinski definition) is 1. The number of hydrogen-bond acceptors (Lipinski definition) is 3. The molecule has 0 bridgehead atoms. The number of rotatable bonds is 5. The molecular weight excluding hydrogens is 254 g/mol. The number of carbonyl (C=O) groups excluding carboxylic acids is 2. The maximum atomic E-state index is 12.3. The van der Waals surface area contributed by atoms with E-state index in [4.69, 9.17) is 0 Å². The summed E-state index contributed by atoms with van der Waals surface area (Å²) in [5.41, 5.74) is 1.12. The Morgan fingerprint density at radius 2 is 2.05 bits per heavy atom. The van der Waals surface area contributed by atoms with E-state index in [1.807, 2.05) is 12.1 Å². The van der Waals surface area contributed by atoms with Crippen molar-refractivity contribution < 1.29 is 9.59 Å². The van der Waals surface area contributed by atoms with E-state index in [0.717, 1.165) is 12.0 Å². The maximum Gasteiger partial charge on any atom is 0.245 e. The van der Waals surface area contributed by atoms with Crippen LogP contribution in [0.1, 0.15) is 25.8 Å². The van der Waals surface area contributed by atoms with Gasteiger partial charge >= 0.3 is 0 Å². The van der Waals surface area contributed by atoms with Crippen molar-refractivity contribution in [1.29, 1.82) is 0 Å². The van der Waals surface area contributed by atoms with Gasteiger partial charge in [-0.1, -0.05) is 13.8 Å². The summed E-state index contributed by atoms with van der Waals surface area (Å²) in [6, 6.07) is 3.49. The number of pyridine rings is 1.